The molecule has 0 aromatic heterocycles. The van der Waals surface area contributed by atoms with Gasteiger partial charge in [-0.3, -0.25) is 0 Å². The van der Waals surface area contributed by atoms with Gasteiger partial charge in [-0.25, -0.2) is 0 Å². The third-order valence-electron chi connectivity index (χ3n) is 12.9. The Morgan fingerprint density at radius 1 is 0.267 bits per heavy atom. The predicted molar refractivity (Wildman–Crippen MR) is 492 cm³/mol. The van der Waals surface area contributed by atoms with Crippen LogP contribution >= 0.6 is 0 Å². The Bertz CT molecular complexity index is 3410. The van der Waals surface area contributed by atoms with Crippen LogP contribution in [0.5, 0.6) is 0 Å². The van der Waals surface area contributed by atoms with E-state index in [1.165, 1.54) is 0 Å². The van der Waals surface area contributed by atoms with E-state index in [0.717, 1.165) is 61.6 Å². The lowest BCUT2D eigenvalue weighted by atomic mass is 10.1. The molecule has 10 atom stereocenters. The quantitative estimate of drug-likeness (QED) is 0.0995. The second kappa shape index (κ2) is 117. The van der Waals surface area contributed by atoms with Crippen LogP contribution < -0.4 is 0 Å². The van der Waals surface area contributed by atoms with Crippen LogP contribution in [0.4, 0.5) is 0 Å². The van der Waals surface area contributed by atoms with Crippen LogP contribution in [0.2, 0.25) is 0 Å². The van der Waals surface area contributed by atoms with Crippen LogP contribution in [-0.2, 0) is 66.3 Å². The average molecular weight is 1600 g/mol. The van der Waals surface area contributed by atoms with E-state index in [9.17, 15) is 0 Å². The summed E-state index contributed by atoms with van der Waals surface area (Å²) in [5.41, 5.74) is 3.10. The molecule has 0 saturated heterocycles. The normalized spacial score (nSPS) is 10.9. The van der Waals surface area contributed by atoms with Gasteiger partial charge >= 0.3 is 0 Å². The van der Waals surface area contributed by atoms with E-state index in [-0.39, 0.29) is 61.0 Å². The van der Waals surface area contributed by atoms with Crippen LogP contribution in [0, 0.1) is 180 Å². The van der Waals surface area contributed by atoms with Crippen LogP contribution in [0.25, 0.3) is 0 Å². The summed E-state index contributed by atoms with van der Waals surface area (Å²) in [5, 5.41) is 0. The lowest BCUT2D eigenvalue weighted by molar-refractivity contribution is 0.111. The van der Waals surface area contributed by atoms with E-state index in [4.69, 9.17) is 73.1 Å². The molecule has 0 radical (unpaired) electrons. The maximum absolute atomic E-state index is 5.15. The molecule has 0 fully saturated rings. The van der Waals surface area contributed by atoms with E-state index < -0.39 is 0 Å². The molecule has 0 amide bonds. The second-order valence-electron chi connectivity index (χ2n) is 22.9. The SMILES string of the molecule is C#CC(C)OC.C#CC(CC)OC.C#CC(OC)C(C)C.C#CCOC.CC#CC(C)OC.CC#CC(CC)OC.CC#CC(OC)C(C)C.CC#CCOC.CCC#CC(C)OC.CCC#CC(CC)OC.CCC#CCOC.CCC(C#Cc1ccccc1)OC.COC(C)C#Cc1ccccc1.COCC#Cc1ccccc1. The first-order chi connectivity index (χ1) is 55.8. The van der Waals surface area contributed by atoms with Crippen LogP contribution in [0.15, 0.2) is 91.0 Å². The molecule has 0 N–H and O–H groups in total. The van der Waals surface area contributed by atoms with Crippen molar-refractivity contribution in [3.05, 3.63) is 108 Å². The monoisotopic (exact) mass is 1600 g/mol. The lowest BCUT2D eigenvalue weighted by Crippen LogP contribution is -2.14. The molecule has 3 aromatic carbocycles. The van der Waals surface area contributed by atoms with Gasteiger partial charge < -0.3 is 66.3 Å². The number of benzene rings is 3. The molecule has 0 aliphatic rings. The molecule has 14 heteroatoms. The van der Waals surface area contributed by atoms with E-state index in [1.54, 1.807) is 113 Å². The van der Waals surface area contributed by atoms with Crippen LogP contribution in [0.1, 0.15) is 193 Å². The van der Waals surface area contributed by atoms with Crippen molar-refractivity contribution in [2.45, 2.75) is 238 Å². The molecule has 0 spiro atoms. The maximum Gasteiger partial charge on any atom is 0.120 e. The van der Waals surface area contributed by atoms with Gasteiger partial charge in [-0.05, 0) is 129 Å². The number of methoxy groups -OCH3 is 14. The number of rotatable bonds is 20. The van der Waals surface area contributed by atoms with Crippen molar-refractivity contribution in [2.75, 3.05) is 126 Å². The summed E-state index contributed by atoms with van der Waals surface area (Å²) in [5.74, 6) is 68.6. The summed E-state index contributed by atoms with van der Waals surface area (Å²) in [7, 11) is 23.0. The zero-order chi connectivity index (χ0) is 90.9. The van der Waals surface area contributed by atoms with Gasteiger partial charge in [0.15, 0.2) is 0 Å². The minimum absolute atomic E-state index is 0.00482. The fourth-order valence-corrected chi connectivity index (χ4v) is 6.18. The fraction of sp³-hybridized carbons (Fsp3) is 0.549. The topological polar surface area (TPSA) is 129 Å². The Morgan fingerprint density at radius 3 is 0.836 bits per heavy atom. The van der Waals surface area contributed by atoms with E-state index in [2.05, 4.69) is 196 Å². The van der Waals surface area contributed by atoms with Gasteiger partial charge in [-0.2, -0.15) is 0 Å². The predicted octanol–water partition coefficient (Wildman–Crippen LogP) is 18.6. The van der Waals surface area contributed by atoms with E-state index >= 15 is 0 Å². The highest BCUT2D eigenvalue weighted by Crippen LogP contribution is 2.04. The maximum atomic E-state index is 5.15. The number of hydrogen-bond donors (Lipinski definition) is 0. The third kappa shape index (κ3) is 118. The first kappa shape index (κ1) is 130. The molecule has 0 bridgehead atoms. The molecule has 0 aliphatic heterocycles. The van der Waals surface area contributed by atoms with Crippen LogP contribution in [0.3, 0.4) is 0 Å². The third-order valence-corrected chi connectivity index (χ3v) is 12.9. The summed E-state index contributed by atoms with van der Waals surface area (Å²) >= 11 is 0. The molecule has 116 heavy (non-hydrogen) atoms. The van der Waals surface area contributed by atoms with Gasteiger partial charge in [0.25, 0.3) is 0 Å². The van der Waals surface area contributed by atoms with Crippen molar-refractivity contribution in [2.24, 2.45) is 11.8 Å². The molecular formula is C102H152O14. The highest BCUT2D eigenvalue weighted by molar-refractivity contribution is 5.36. The molecule has 3 aromatic rings. The largest absolute Gasteiger partial charge is 0.372 e. The smallest absolute Gasteiger partial charge is 0.120 e. The minimum Gasteiger partial charge on any atom is -0.372 e. The van der Waals surface area contributed by atoms with Crippen LogP contribution in [-0.4, -0.2) is 187 Å². The Morgan fingerprint density at radius 2 is 0.603 bits per heavy atom. The molecule has 14 nitrogen and oxygen atoms in total. The summed E-state index contributed by atoms with van der Waals surface area (Å²) < 4.78 is 67.8. The van der Waals surface area contributed by atoms with Gasteiger partial charge in [-0.1, -0.05) is 231 Å². The van der Waals surface area contributed by atoms with Crippen molar-refractivity contribution in [3.63, 3.8) is 0 Å². The van der Waals surface area contributed by atoms with Crippen molar-refractivity contribution in [3.8, 4) is 168 Å². The zero-order valence-electron chi connectivity index (χ0n) is 77.9. The molecule has 644 valence electrons. The minimum atomic E-state index is -0.0370. The summed E-state index contributed by atoms with van der Waals surface area (Å²) in [6.45, 7) is 39.4. The molecular weight excluding hydrogens is 1450 g/mol. The summed E-state index contributed by atoms with van der Waals surface area (Å²) in [6.07, 6.45) is 26.9. The van der Waals surface area contributed by atoms with Gasteiger partial charge in [-0.15, -0.1) is 67.1 Å². The zero-order valence-corrected chi connectivity index (χ0v) is 77.9. The fourth-order valence-electron chi connectivity index (χ4n) is 6.18. The summed E-state index contributed by atoms with van der Waals surface area (Å²) in [6, 6.07) is 29.7. The molecule has 10 unspecified atom stereocenters. The lowest BCUT2D eigenvalue weighted by Gasteiger charge is -2.11. The van der Waals surface area contributed by atoms with Crippen molar-refractivity contribution in [1.82, 2.24) is 0 Å². The Labute approximate surface area is 713 Å². The Kier molecular flexibility index (Phi) is 131. The number of terminal acetylenes is 4. The van der Waals surface area contributed by atoms with Gasteiger partial charge in [0.05, 0.1) is 0 Å². The van der Waals surface area contributed by atoms with Crippen molar-refractivity contribution in [1.29, 1.82) is 0 Å². The highest BCUT2D eigenvalue weighted by Gasteiger charge is 2.07. The first-order valence-electron chi connectivity index (χ1n) is 38.6. The first-order valence-corrected chi connectivity index (χ1v) is 38.6. The van der Waals surface area contributed by atoms with Gasteiger partial charge in [0, 0.05) is 135 Å². The van der Waals surface area contributed by atoms with Crippen molar-refractivity contribution < 1.29 is 66.3 Å². The van der Waals surface area contributed by atoms with Gasteiger partial charge in [0.1, 0.15) is 87.5 Å². The highest BCUT2D eigenvalue weighted by atomic mass is 16.5. The Balaban J connectivity index is -0.000000115. The van der Waals surface area contributed by atoms with Gasteiger partial charge in [0.2, 0.25) is 0 Å². The van der Waals surface area contributed by atoms with E-state index in [1.807, 2.05) is 174 Å². The van der Waals surface area contributed by atoms with E-state index in [0.29, 0.717) is 38.3 Å². The molecule has 0 heterocycles. The average Bonchev–Trinajstić information content (AvgIpc) is 0.954. The molecule has 0 aliphatic carbocycles. The second-order valence-corrected chi connectivity index (χ2v) is 22.9. The molecule has 3 rings (SSSR count). The Hall–Kier alpha value is -9.06. The molecule has 0 saturated carbocycles. The van der Waals surface area contributed by atoms with Crippen molar-refractivity contribution >= 4 is 0 Å². The summed E-state index contributed by atoms with van der Waals surface area (Å²) in [4.78, 5) is 0. The standard InChI is InChI=1S/C12H14O.C11H12O.C10H10O.2C8H14O.3C7H12O.3C6H10O.2C5H8O.C4H6O/c1-3-12(13-2)10-9-11-7-5-4-6-8-11;1-10(12-2)8-9-11-6-4-3-5-7-11;1-11-9-5-8-10-6-3-2-4-7-10;1-5-6-8(9-4)7(2)3;1-4-6-7-8(5-2)9-3;1-5-7(8-4)6(2)3;1-4-5-6-7(2)8-3;1-4-6-7(5-2)8-3;1-4-5-6(2)7-3;1-4-6(5-2)7-3;1-3-4-5-6-7-2;1-4-5(2)6-3;1-3-4-5-6-2;1-3-4-5-2/h4-8,12H,3H2,1-2H3;3-7,10H,1-2H3;2-4,6-7H,9H2,1H3;7-8H,1-4H3;8H,4-5H2,1-3H3;1,6-7H,2-4H3;7H,4H2,1-3H3;7H,5H2,1-3H3;6H,1-3H3;1,6H,5H2,2-3H3;3,6H2,1-2H3;1,5H,2-3H3;5H2,1-2H3;1H,4H2,2H3. The number of hydrogen-bond acceptors (Lipinski definition) is 14. The number of ether oxygens (including phenoxy) is 14.